The summed E-state index contributed by atoms with van der Waals surface area (Å²) >= 11 is 0. The standard InChI is InChI=1S/C6H11BO2.C3H8/c7-5-1-2-9-4-6(8)3-5;1-3-2/h5-6,8H,1-4H2;3H2,1-2H3. The third-order valence-corrected chi connectivity index (χ3v) is 1.52. The molecule has 2 radical (unpaired) electrons. The van der Waals surface area contributed by atoms with E-state index in [1.807, 2.05) is 0 Å². The van der Waals surface area contributed by atoms with E-state index in [0.717, 1.165) is 6.42 Å². The smallest absolute Gasteiger partial charge is 0.0769 e. The molecule has 1 fully saturated rings. The molecule has 12 heavy (non-hydrogen) atoms. The second kappa shape index (κ2) is 7.62. The molecule has 0 aromatic heterocycles. The number of aliphatic hydroxyl groups is 1. The van der Waals surface area contributed by atoms with Crippen LogP contribution in [0.15, 0.2) is 0 Å². The van der Waals surface area contributed by atoms with Crippen molar-refractivity contribution >= 4 is 7.85 Å². The van der Waals surface area contributed by atoms with Crippen LogP contribution in [0.2, 0.25) is 5.82 Å². The SMILES string of the molecule is CCC.[B]C1CCOCC(O)C1. The number of hydrogen-bond acceptors (Lipinski definition) is 2. The van der Waals surface area contributed by atoms with Gasteiger partial charge in [0.2, 0.25) is 0 Å². The quantitative estimate of drug-likeness (QED) is 0.558. The number of ether oxygens (including phenoxy) is 1. The van der Waals surface area contributed by atoms with Gasteiger partial charge in [0, 0.05) is 6.61 Å². The van der Waals surface area contributed by atoms with Crippen molar-refractivity contribution in [1.29, 1.82) is 0 Å². The molecule has 1 aliphatic rings. The molecule has 0 aromatic carbocycles. The molecule has 0 spiro atoms. The summed E-state index contributed by atoms with van der Waals surface area (Å²) in [6, 6.07) is 0. The number of hydrogen-bond donors (Lipinski definition) is 1. The van der Waals surface area contributed by atoms with E-state index in [-0.39, 0.29) is 11.9 Å². The van der Waals surface area contributed by atoms with Gasteiger partial charge in [0.05, 0.1) is 20.6 Å². The van der Waals surface area contributed by atoms with Crippen molar-refractivity contribution in [2.75, 3.05) is 13.2 Å². The summed E-state index contributed by atoms with van der Waals surface area (Å²) in [4.78, 5) is 0. The third kappa shape index (κ3) is 6.68. The van der Waals surface area contributed by atoms with Gasteiger partial charge in [-0.25, -0.2) is 0 Å². The maximum Gasteiger partial charge on any atom is 0.0769 e. The minimum absolute atomic E-state index is 0.127. The second-order valence-electron chi connectivity index (χ2n) is 3.22. The van der Waals surface area contributed by atoms with E-state index in [1.54, 1.807) is 0 Å². The zero-order valence-corrected chi connectivity index (χ0v) is 8.12. The molecule has 2 unspecified atom stereocenters. The van der Waals surface area contributed by atoms with Crippen LogP contribution in [0, 0.1) is 0 Å². The lowest BCUT2D eigenvalue weighted by Gasteiger charge is -2.08. The molecular weight excluding hydrogens is 151 g/mol. The maximum absolute atomic E-state index is 9.05. The number of rotatable bonds is 0. The lowest BCUT2D eigenvalue weighted by molar-refractivity contribution is 0.0513. The van der Waals surface area contributed by atoms with E-state index >= 15 is 0 Å². The molecule has 1 N–H and O–H groups in total. The number of aliphatic hydroxyl groups excluding tert-OH is 1. The van der Waals surface area contributed by atoms with Gasteiger partial charge in [0.25, 0.3) is 0 Å². The molecule has 0 aromatic rings. The molecule has 1 heterocycles. The summed E-state index contributed by atoms with van der Waals surface area (Å²) in [5, 5.41) is 9.05. The summed E-state index contributed by atoms with van der Waals surface area (Å²) < 4.78 is 5.05. The topological polar surface area (TPSA) is 29.5 Å². The van der Waals surface area contributed by atoms with Gasteiger partial charge in [-0.05, 0) is 12.8 Å². The van der Waals surface area contributed by atoms with Crippen LogP contribution in [0.4, 0.5) is 0 Å². The Kier molecular flexibility index (Phi) is 7.62. The van der Waals surface area contributed by atoms with Gasteiger partial charge < -0.3 is 9.84 Å². The van der Waals surface area contributed by atoms with Gasteiger partial charge in [0.1, 0.15) is 0 Å². The van der Waals surface area contributed by atoms with E-state index in [2.05, 4.69) is 13.8 Å². The van der Waals surface area contributed by atoms with Crippen molar-refractivity contribution in [2.24, 2.45) is 0 Å². The van der Waals surface area contributed by atoms with Crippen LogP contribution in [0.3, 0.4) is 0 Å². The first kappa shape index (κ1) is 12.0. The fraction of sp³-hybridized carbons (Fsp3) is 1.00. The van der Waals surface area contributed by atoms with Crippen LogP contribution in [-0.2, 0) is 4.74 Å². The second-order valence-corrected chi connectivity index (χ2v) is 3.22. The Balaban J connectivity index is 0.000000354. The molecule has 1 aliphatic heterocycles. The van der Waals surface area contributed by atoms with Gasteiger partial charge in [0.15, 0.2) is 0 Å². The highest BCUT2D eigenvalue weighted by Crippen LogP contribution is 2.17. The first-order valence-electron chi connectivity index (χ1n) is 4.72. The Morgan fingerprint density at radius 2 is 2.08 bits per heavy atom. The van der Waals surface area contributed by atoms with Crippen molar-refractivity contribution in [1.82, 2.24) is 0 Å². The van der Waals surface area contributed by atoms with Crippen molar-refractivity contribution in [3.8, 4) is 0 Å². The normalized spacial score (nSPS) is 29.9. The Bertz CT molecular complexity index is 88.5. The predicted molar refractivity (Wildman–Crippen MR) is 51.5 cm³/mol. The summed E-state index contributed by atoms with van der Waals surface area (Å²) in [5.74, 6) is 0.127. The molecule has 0 aliphatic carbocycles. The summed E-state index contributed by atoms with van der Waals surface area (Å²) in [5.41, 5.74) is 0. The largest absolute Gasteiger partial charge is 0.391 e. The molecular formula is C9H19BO2. The molecule has 2 nitrogen and oxygen atoms in total. The average Bonchev–Trinajstić information content (AvgIpc) is 2.15. The molecule has 0 saturated carbocycles. The van der Waals surface area contributed by atoms with E-state index in [0.29, 0.717) is 19.6 Å². The highest BCUT2D eigenvalue weighted by molar-refractivity contribution is 6.11. The highest BCUT2D eigenvalue weighted by Gasteiger charge is 2.13. The minimum atomic E-state index is -0.345. The molecule has 3 heteroatoms. The fourth-order valence-electron chi connectivity index (χ4n) is 0.989. The zero-order valence-electron chi connectivity index (χ0n) is 8.12. The van der Waals surface area contributed by atoms with Crippen LogP contribution in [0.5, 0.6) is 0 Å². The third-order valence-electron chi connectivity index (χ3n) is 1.52. The predicted octanol–water partition coefficient (Wildman–Crippen LogP) is 1.53. The Morgan fingerprint density at radius 3 is 2.67 bits per heavy atom. The monoisotopic (exact) mass is 170 g/mol. The van der Waals surface area contributed by atoms with E-state index in [9.17, 15) is 0 Å². The van der Waals surface area contributed by atoms with Crippen LogP contribution in [0.25, 0.3) is 0 Å². The van der Waals surface area contributed by atoms with Crippen LogP contribution in [-0.4, -0.2) is 32.3 Å². The molecule has 0 bridgehead atoms. The van der Waals surface area contributed by atoms with Crippen LogP contribution in [0.1, 0.15) is 33.1 Å². The molecule has 2 atom stereocenters. The maximum atomic E-state index is 9.05. The van der Waals surface area contributed by atoms with Crippen molar-refractivity contribution in [3.05, 3.63) is 0 Å². The average molecular weight is 170 g/mol. The first-order valence-corrected chi connectivity index (χ1v) is 4.72. The lowest BCUT2D eigenvalue weighted by Crippen LogP contribution is -2.13. The van der Waals surface area contributed by atoms with E-state index in [4.69, 9.17) is 17.7 Å². The van der Waals surface area contributed by atoms with Crippen molar-refractivity contribution in [2.45, 2.75) is 45.0 Å². The molecule has 0 amide bonds. The van der Waals surface area contributed by atoms with Gasteiger partial charge in [-0.15, -0.1) is 0 Å². The van der Waals surface area contributed by atoms with Gasteiger partial charge in [-0.1, -0.05) is 26.1 Å². The minimum Gasteiger partial charge on any atom is -0.391 e. The highest BCUT2D eigenvalue weighted by atomic mass is 16.5. The van der Waals surface area contributed by atoms with Crippen molar-refractivity contribution < 1.29 is 9.84 Å². The van der Waals surface area contributed by atoms with Gasteiger partial charge in [-0.3, -0.25) is 0 Å². The first-order chi connectivity index (χ1) is 5.70. The van der Waals surface area contributed by atoms with Crippen LogP contribution < -0.4 is 0 Å². The fourth-order valence-corrected chi connectivity index (χ4v) is 0.989. The Hall–Kier alpha value is -0.0151. The van der Waals surface area contributed by atoms with E-state index < -0.39 is 0 Å². The lowest BCUT2D eigenvalue weighted by atomic mass is 9.81. The Morgan fingerprint density at radius 1 is 1.50 bits per heavy atom. The molecule has 1 rings (SSSR count). The summed E-state index contributed by atoms with van der Waals surface area (Å²) in [6.07, 6.45) is 2.46. The summed E-state index contributed by atoms with van der Waals surface area (Å²) in [6.45, 7) is 5.39. The summed E-state index contributed by atoms with van der Waals surface area (Å²) in [7, 11) is 5.59. The Labute approximate surface area is 76.7 Å². The van der Waals surface area contributed by atoms with E-state index in [1.165, 1.54) is 6.42 Å². The van der Waals surface area contributed by atoms with Gasteiger partial charge in [-0.2, -0.15) is 0 Å². The zero-order chi connectivity index (χ0) is 9.40. The molecule has 70 valence electrons. The molecule has 1 saturated heterocycles. The van der Waals surface area contributed by atoms with Crippen LogP contribution >= 0.6 is 0 Å². The van der Waals surface area contributed by atoms with Gasteiger partial charge >= 0.3 is 0 Å². The van der Waals surface area contributed by atoms with Crippen molar-refractivity contribution in [3.63, 3.8) is 0 Å².